The van der Waals surface area contributed by atoms with Gasteiger partial charge in [-0.2, -0.15) is 5.10 Å². The molecule has 0 radical (unpaired) electrons. The molecule has 0 fully saturated rings. The van der Waals surface area contributed by atoms with Gasteiger partial charge in [-0.25, -0.2) is 0 Å². The minimum atomic E-state index is -0.676. The number of nitrogens with zero attached hydrogens (tertiary/aromatic N) is 3. The average molecular weight is 473 g/mol. The average Bonchev–Trinajstić information content (AvgIpc) is 3.19. The standard InChI is InChI=1S/C26H24N4O5/c1-16-4-8-19(9-5-16)26-21-14-17(2)6-12-24(21)35-25(26)13-7-18(3)27-28-22-11-10-20(29(31)32)15-23(22)30(33)34/h4-6,8-12,14-15,28H,7,13H2,1-3H3. The zero-order chi connectivity index (χ0) is 25.1. The van der Waals surface area contributed by atoms with Gasteiger partial charge in [0, 0.05) is 29.1 Å². The summed E-state index contributed by atoms with van der Waals surface area (Å²) in [5.74, 6) is 0.838. The summed E-state index contributed by atoms with van der Waals surface area (Å²) in [6.45, 7) is 5.90. The molecule has 0 saturated carbocycles. The number of aryl methyl sites for hydroxylation is 3. The van der Waals surface area contributed by atoms with E-state index in [1.165, 1.54) is 17.7 Å². The van der Waals surface area contributed by atoms with Crippen molar-refractivity contribution in [2.45, 2.75) is 33.6 Å². The second-order valence-corrected chi connectivity index (χ2v) is 8.44. The predicted octanol–water partition coefficient (Wildman–Crippen LogP) is 6.95. The van der Waals surface area contributed by atoms with Gasteiger partial charge in [0.05, 0.1) is 15.9 Å². The van der Waals surface area contributed by atoms with E-state index in [0.717, 1.165) is 39.5 Å². The van der Waals surface area contributed by atoms with Crippen LogP contribution in [-0.4, -0.2) is 15.6 Å². The van der Waals surface area contributed by atoms with Crippen molar-refractivity contribution in [3.05, 3.63) is 97.8 Å². The quantitative estimate of drug-likeness (QED) is 0.168. The monoisotopic (exact) mass is 472 g/mol. The van der Waals surface area contributed by atoms with Crippen LogP contribution in [0.5, 0.6) is 0 Å². The molecule has 4 rings (SSSR count). The lowest BCUT2D eigenvalue weighted by Gasteiger charge is -2.06. The predicted molar refractivity (Wildman–Crippen MR) is 136 cm³/mol. The van der Waals surface area contributed by atoms with E-state index >= 15 is 0 Å². The van der Waals surface area contributed by atoms with E-state index in [1.54, 1.807) is 0 Å². The first kappa shape index (κ1) is 23.6. The fourth-order valence-corrected chi connectivity index (χ4v) is 3.86. The van der Waals surface area contributed by atoms with Gasteiger partial charge in [-0.15, -0.1) is 0 Å². The number of nitro benzene ring substituents is 2. The van der Waals surface area contributed by atoms with Crippen LogP contribution in [0.3, 0.4) is 0 Å². The van der Waals surface area contributed by atoms with Gasteiger partial charge < -0.3 is 4.42 Å². The van der Waals surface area contributed by atoms with Crippen molar-refractivity contribution >= 4 is 33.7 Å². The van der Waals surface area contributed by atoms with Crippen molar-refractivity contribution in [1.29, 1.82) is 0 Å². The van der Waals surface area contributed by atoms with Crippen LogP contribution < -0.4 is 5.43 Å². The lowest BCUT2D eigenvalue weighted by molar-refractivity contribution is -0.393. The molecule has 0 atom stereocenters. The third-order valence-electron chi connectivity index (χ3n) is 5.73. The molecule has 178 valence electrons. The van der Waals surface area contributed by atoms with Gasteiger partial charge in [0.15, 0.2) is 0 Å². The molecule has 0 saturated heterocycles. The molecule has 9 nitrogen and oxygen atoms in total. The van der Waals surface area contributed by atoms with Crippen LogP contribution in [0.15, 0.2) is 70.2 Å². The van der Waals surface area contributed by atoms with Crippen LogP contribution in [-0.2, 0) is 6.42 Å². The highest BCUT2D eigenvalue weighted by Gasteiger charge is 2.20. The Balaban J connectivity index is 1.58. The van der Waals surface area contributed by atoms with Gasteiger partial charge in [0.25, 0.3) is 5.69 Å². The summed E-state index contributed by atoms with van der Waals surface area (Å²) in [5.41, 5.74) is 7.95. The van der Waals surface area contributed by atoms with E-state index in [0.29, 0.717) is 18.6 Å². The minimum absolute atomic E-state index is 0.0829. The lowest BCUT2D eigenvalue weighted by atomic mass is 9.98. The van der Waals surface area contributed by atoms with Crippen LogP contribution in [0.1, 0.15) is 30.2 Å². The third kappa shape index (κ3) is 5.19. The molecule has 1 N–H and O–H groups in total. The maximum atomic E-state index is 11.3. The SMILES string of the molecule is CC(CCc1oc2ccc(C)cc2c1-c1ccc(C)cc1)=NNc1ccc([N+](=O)[O-])cc1[N+](=O)[O-]. The van der Waals surface area contributed by atoms with E-state index < -0.39 is 15.5 Å². The molecule has 0 amide bonds. The number of fused-ring (bicyclic) bond motifs is 1. The number of furan rings is 1. The molecule has 3 aromatic carbocycles. The van der Waals surface area contributed by atoms with Crippen molar-refractivity contribution in [2.75, 3.05) is 5.43 Å². The second-order valence-electron chi connectivity index (χ2n) is 8.44. The van der Waals surface area contributed by atoms with E-state index in [-0.39, 0.29) is 11.4 Å². The summed E-state index contributed by atoms with van der Waals surface area (Å²) in [5, 5.41) is 27.6. The lowest BCUT2D eigenvalue weighted by Crippen LogP contribution is -2.02. The number of nitrogens with one attached hydrogen (secondary N) is 1. The molecule has 0 bridgehead atoms. The third-order valence-corrected chi connectivity index (χ3v) is 5.73. The van der Waals surface area contributed by atoms with Gasteiger partial charge in [0.2, 0.25) is 0 Å². The van der Waals surface area contributed by atoms with Crippen LogP contribution in [0.25, 0.3) is 22.1 Å². The Morgan fingerprint density at radius 2 is 1.66 bits per heavy atom. The molecule has 4 aromatic rings. The molecule has 0 spiro atoms. The van der Waals surface area contributed by atoms with Crippen molar-refractivity contribution in [1.82, 2.24) is 0 Å². The number of hydrogen-bond acceptors (Lipinski definition) is 7. The summed E-state index contributed by atoms with van der Waals surface area (Å²) in [7, 11) is 0. The number of hydrogen-bond donors (Lipinski definition) is 1. The number of hydrazone groups is 1. The van der Waals surface area contributed by atoms with E-state index in [9.17, 15) is 20.2 Å². The summed E-state index contributed by atoms with van der Waals surface area (Å²) >= 11 is 0. The second kappa shape index (κ2) is 9.76. The van der Waals surface area contributed by atoms with E-state index in [2.05, 4.69) is 40.9 Å². The number of rotatable bonds is 8. The Morgan fingerprint density at radius 1 is 0.943 bits per heavy atom. The molecule has 9 heteroatoms. The smallest absolute Gasteiger partial charge is 0.301 e. The summed E-state index contributed by atoms with van der Waals surface area (Å²) in [6.07, 6.45) is 1.13. The first-order valence-corrected chi connectivity index (χ1v) is 11.0. The fraction of sp³-hybridized carbons (Fsp3) is 0.192. The molecule has 0 aliphatic heterocycles. The number of benzene rings is 3. The summed E-state index contributed by atoms with van der Waals surface area (Å²) in [4.78, 5) is 20.9. The zero-order valence-electron chi connectivity index (χ0n) is 19.6. The van der Waals surface area contributed by atoms with E-state index in [4.69, 9.17) is 4.42 Å². The highest BCUT2D eigenvalue weighted by Crippen LogP contribution is 2.36. The maximum absolute atomic E-state index is 11.3. The molecular weight excluding hydrogens is 448 g/mol. The highest BCUT2D eigenvalue weighted by atomic mass is 16.6. The Hall–Kier alpha value is -4.53. The van der Waals surface area contributed by atoms with Gasteiger partial charge in [0.1, 0.15) is 17.0 Å². The molecule has 0 aliphatic rings. The van der Waals surface area contributed by atoms with Crippen molar-refractivity contribution in [3.63, 3.8) is 0 Å². The van der Waals surface area contributed by atoms with Crippen LogP contribution in [0.4, 0.5) is 17.1 Å². The molecule has 1 aromatic heterocycles. The highest BCUT2D eigenvalue weighted by molar-refractivity contribution is 5.96. The topological polar surface area (TPSA) is 124 Å². The van der Waals surface area contributed by atoms with Crippen molar-refractivity contribution < 1.29 is 14.3 Å². The Morgan fingerprint density at radius 3 is 2.34 bits per heavy atom. The van der Waals surface area contributed by atoms with Crippen LogP contribution in [0.2, 0.25) is 0 Å². The molecule has 0 unspecified atom stereocenters. The number of non-ortho nitro benzene ring substituents is 1. The van der Waals surface area contributed by atoms with Gasteiger partial charge in [-0.1, -0.05) is 41.5 Å². The largest absolute Gasteiger partial charge is 0.460 e. The summed E-state index contributed by atoms with van der Waals surface area (Å²) < 4.78 is 6.21. The molecule has 1 heterocycles. The Bertz CT molecular complexity index is 1450. The normalized spacial score (nSPS) is 11.6. The Kier molecular flexibility index (Phi) is 6.59. The first-order valence-electron chi connectivity index (χ1n) is 11.0. The molecular formula is C26H24N4O5. The van der Waals surface area contributed by atoms with Gasteiger partial charge in [-0.3, -0.25) is 25.7 Å². The van der Waals surface area contributed by atoms with E-state index in [1.807, 2.05) is 32.9 Å². The number of anilines is 1. The van der Waals surface area contributed by atoms with Gasteiger partial charge >= 0.3 is 5.69 Å². The Labute approximate surface area is 201 Å². The molecule has 35 heavy (non-hydrogen) atoms. The molecule has 0 aliphatic carbocycles. The van der Waals surface area contributed by atoms with Crippen LogP contribution >= 0.6 is 0 Å². The minimum Gasteiger partial charge on any atom is -0.460 e. The summed E-state index contributed by atoms with van der Waals surface area (Å²) in [6, 6.07) is 17.8. The zero-order valence-corrected chi connectivity index (χ0v) is 19.6. The van der Waals surface area contributed by atoms with Crippen LogP contribution in [0, 0.1) is 34.1 Å². The first-order chi connectivity index (χ1) is 16.7. The van der Waals surface area contributed by atoms with Gasteiger partial charge in [-0.05, 0) is 51.0 Å². The maximum Gasteiger partial charge on any atom is 0.301 e. The van der Waals surface area contributed by atoms with Crippen molar-refractivity contribution in [2.24, 2.45) is 5.10 Å². The fourth-order valence-electron chi connectivity index (χ4n) is 3.86. The van der Waals surface area contributed by atoms with Crippen molar-refractivity contribution in [3.8, 4) is 11.1 Å². The number of nitro groups is 2.